The van der Waals surface area contributed by atoms with E-state index in [0.29, 0.717) is 17.4 Å². The normalized spacial score (nSPS) is 11.3. The van der Waals surface area contributed by atoms with Gasteiger partial charge in [0.25, 0.3) is 0 Å². The van der Waals surface area contributed by atoms with E-state index in [9.17, 15) is 0 Å². The molecule has 5 nitrogen and oxygen atoms in total. The van der Waals surface area contributed by atoms with Gasteiger partial charge in [-0.1, -0.05) is 20.8 Å². The van der Waals surface area contributed by atoms with Crippen LogP contribution in [-0.2, 0) is 0 Å². The summed E-state index contributed by atoms with van der Waals surface area (Å²) in [5.74, 6) is 1.56. The number of anilines is 2. The number of nitrogen functional groups attached to an aromatic ring is 1. The van der Waals surface area contributed by atoms with Crippen molar-refractivity contribution >= 4 is 11.6 Å². The number of aromatic nitrogens is 2. The fraction of sp³-hybridized carbons (Fsp3) is 0.667. The van der Waals surface area contributed by atoms with Crippen LogP contribution < -0.4 is 15.8 Å². The zero-order chi connectivity index (χ0) is 12.9. The summed E-state index contributed by atoms with van der Waals surface area (Å²) in [6, 6.07) is 0. The summed E-state index contributed by atoms with van der Waals surface area (Å²) in [4.78, 5) is 8.13. The number of hydrogen-bond donors (Lipinski definition) is 2. The van der Waals surface area contributed by atoms with E-state index in [-0.39, 0.29) is 5.54 Å². The van der Waals surface area contributed by atoms with E-state index < -0.39 is 0 Å². The standard InChI is InChI=1S/C12H22N4O/c1-5-12(6-2,7-3)16-11-9(17-4)10(13)14-8-15-11/h8H,5-7H2,1-4H3,(H3,13,14,15,16). The molecular weight excluding hydrogens is 216 g/mol. The molecule has 0 bridgehead atoms. The van der Waals surface area contributed by atoms with Crippen LogP contribution in [0.15, 0.2) is 6.33 Å². The molecule has 0 saturated carbocycles. The van der Waals surface area contributed by atoms with E-state index >= 15 is 0 Å². The van der Waals surface area contributed by atoms with Crippen molar-refractivity contribution in [3.63, 3.8) is 0 Å². The molecular formula is C12H22N4O. The van der Waals surface area contributed by atoms with Gasteiger partial charge in [-0.05, 0) is 19.3 Å². The van der Waals surface area contributed by atoms with Crippen LogP contribution in [0.25, 0.3) is 0 Å². The lowest BCUT2D eigenvalue weighted by molar-refractivity contribution is 0.397. The summed E-state index contributed by atoms with van der Waals surface area (Å²) in [6.45, 7) is 6.49. The van der Waals surface area contributed by atoms with Gasteiger partial charge in [-0.3, -0.25) is 0 Å². The molecule has 0 spiro atoms. The number of methoxy groups -OCH3 is 1. The van der Waals surface area contributed by atoms with Gasteiger partial charge in [-0.2, -0.15) is 0 Å². The summed E-state index contributed by atoms with van der Waals surface area (Å²) < 4.78 is 5.24. The van der Waals surface area contributed by atoms with Crippen LogP contribution >= 0.6 is 0 Å². The van der Waals surface area contributed by atoms with Gasteiger partial charge in [0.2, 0.25) is 5.75 Å². The number of nitrogens with two attached hydrogens (primary N) is 1. The van der Waals surface area contributed by atoms with Crippen molar-refractivity contribution in [3.8, 4) is 5.75 Å². The number of nitrogens with zero attached hydrogens (tertiary/aromatic N) is 2. The molecule has 0 fully saturated rings. The lowest BCUT2D eigenvalue weighted by atomic mass is 9.90. The smallest absolute Gasteiger partial charge is 0.203 e. The van der Waals surface area contributed by atoms with E-state index in [1.807, 2.05) is 0 Å². The molecule has 96 valence electrons. The first-order valence-electron chi connectivity index (χ1n) is 6.05. The Morgan fingerprint density at radius 1 is 1.24 bits per heavy atom. The lowest BCUT2D eigenvalue weighted by Crippen LogP contribution is -2.36. The zero-order valence-electron chi connectivity index (χ0n) is 11.1. The Morgan fingerprint density at radius 3 is 2.29 bits per heavy atom. The molecule has 17 heavy (non-hydrogen) atoms. The van der Waals surface area contributed by atoms with Crippen molar-refractivity contribution in [3.05, 3.63) is 6.33 Å². The van der Waals surface area contributed by atoms with Gasteiger partial charge in [0.05, 0.1) is 7.11 Å². The molecule has 0 aliphatic heterocycles. The van der Waals surface area contributed by atoms with Crippen molar-refractivity contribution in [1.29, 1.82) is 0 Å². The molecule has 1 aromatic heterocycles. The topological polar surface area (TPSA) is 73.1 Å². The molecule has 0 unspecified atom stereocenters. The van der Waals surface area contributed by atoms with Crippen molar-refractivity contribution in [2.24, 2.45) is 0 Å². The van der Waals surface area contributed by atoms with E-state index in [1.165, 1.54) is 6.33 Å². The molecule has 0 atom stereocenters. The van der Waals surface area contributed by atoms with Gasteiger partial charge in [-0.25, -0.2) is 9.97 Å². The van der Waals surface area contributed by atoms with Crippen LogP contribution in [0.5, 0.6) is 5.75 Å². The molecule has 1 aromatic rings. The molecule has 0 amide bonds. The summed E-state index contributed by atoms with van der Waals surface area (Å²) in [7, 11) is 1.58. The third-order valence-corrected chi connectivity index (χ3v) is 3.45. The van der Waals surface area contributed by atoms with Crippen molar-refractivity contribution in [2.75, 3.05) is 18.2 Å². The van der Waals surface area contributed by atoms with Crippen molar-refractivity contribution in [2.45, 2.75) is 45.6 Å². The number of nitrogens with one attached hydrogen (secondary N) is 1. The van der Waals surface area contributed by atoms with E-state index in [2.05, 4.69) is 36.1 Å². The van der Waals surface area contributed by atoms with Crippen LogP contribution in [0.2, 0.25) is 0 Å². The third kappa shape index (κ3) is 2.78. The minimum atomic E-state index is 0.0358. The van der Waals surface area contributed by atoms with Gasteiger partial charge in [-0.15, -0.1) is 0 Å². The first-order chi connectivity index (χ1) is 8.12. The minimum absolute atomic E-state index is 0.0358. The monoisotopic (exact) mass is 238 g/mol. The predicted octanol–water partition coefficient (Wildman–Crippen LogP) is 2.45. The molecule has 3 N–H and O–H groups in total. The Bertz CT molecular complexity index is 355. The SMILES string of the molecule is CCC(CC)(CC)Nc1ncnc(N)c1OC. The number of hydrogen-bond acceptors (Lipinski definition) is 5. The number of rotatable bonds is 6. The second kappa shape index (κ2) is 5.70. The lowest BCUT2D eigenvalue weighted by Gasteiger charge is -2.32. The molecule has 0 aliphatic carbocycles. The quantitative estimate of drug-likeness (QED) is 0.796. The Kier molecular flexibility index (Phi) is 4.54. The summed E-state index contributed by atoms with van der Waals surface area (Å²) in [6.07, 6.45) is 4.51. The van der Waals surface area contributed by atoms with E-state index in [0.717, 1.165) is 19.3 Å². The fourth-order valence-electron chi connectivity index (χ4n) is 1.94. The summed E-state index contributed by atoms with van der Waals surface area (Å²) >= 11 is 0. The minimum Gasteiger partial charge on any atom is -0.490 e. The highest BCUT2D eigenvalue weighted by atomic mass is 16.5. The first-order valence-corrected chi connectivity index (χ1v) is 6.05. The molecule has 0 aromatic carbocycles. The highest BCUT2D eigenvalue weighted by Gasteiger charge is 2.25. The van der Waals surface area contributed by atoms with Crippen LogP contribution in [-0.4, -0.2) is 22.6 Å². The van der Waals surface area contributed by atoms with Gasteiger partial charge in [0.15, 0.2) is 11.6 Å². The van der Waals surface area contributed by atoms with Crippen LogP contribution in [0.1, 0.15) is 40.0 Å². The van der Waals surface area contributed by atoms with E-state index in [1.54, 1.807) is 7.11 Å². The molecule has 0 saturated heterocycles. The van der Waals surface area contributed by atoms with Crippen LogP contribution in [0.3, 0.4) is 0 Å². The highest BCUT2D eigenvalue weighted by Crippen LogP contribution is 2.32. The molecule has 0 radical (unpaired) electrons. The maximum absolute atomic E-state index is 5.76. The molecule has 1 heterocycles. The molecule has 1 rings (SSSR count). The predicted molar refractivity (Wildman–Crippen MR) is 70.2 cm³/mol. The van der Waals surface area contributed by atoms with Gasteiger partial charge < -0.3 is 15.8 Å². The largest absolute Gasteiger partial charge is 0.490 e. The van der Waals surface area contributed by atoms with Gasteiger partial charge in [0, 0.05) is 5.54 Å². The fourth-order valence-corrected chi connectivity index (χ4v) is 1.94. The van der Waals surface area contributed by atoms with Gasteiger partial charge >= 0.3 is 0 Å². The highest BCUT2D eigenvalue weighted by molar-refractivity contribution is 5.62. The van der Waals surface area contributed by atoms with E-state index in [4.69, 9.17) is 10.5 Å². The Hall–Kier alpha value is -1.52. The third-order valence-electron chi connectivity index (χ3n) is 3.45. The molecule has 5 heteroatoms. The van der Waals surface area contributed by atoms with Crippen molar-refractivity contribution < 1.29 is 4.74 Å². The zero-order valence-corrected chi connectivity index (χ0v) is 11.1. The van der Waals surface area contributed by atoms with Crippen molar-refractivity contribution in [1.82, 2.24) is 9.97 Å². The Labute approximate surface area is 103 Å². The maximum Gasteiger partial charge on any atom is 0.203 e. The van der Waals surface area contributed by atoms with Crippen LogP contribution in [0, 0.1) is 0 Å². The Balaban J connectivity index is 3.05. The second-order valence-corrected chi connectivity index (χ2v) is 4.11. The Morgan fingerprint density at radius 2 is 1.82 bits per heavy atom. The number of ether oxygens (including phenoxy) is 1. The summed E-state index contributed by atoms with van der Waals surface area (Å²) in [5, 5.41) is 3.45. The molecule has 0 aliphatic rings. The average molecular weight is 238 g/mol. The maximum atomic E-state index is 5.76. The second-order valence-electron chi connectivity index (χ2n) is 4.11. The summed E-state index contributed by atoms with van der Waals surface area (Å²) in [5.41, 5.74) is 5.79. The first kappa shape index (κ1) is 13.5. The van der Waals surface area contributed by atoms with Gasteiger partial charge in [0.1, 0.15) is 6.33 Å². The average Bonchev–Trinajstić information content (AvgIpc) is 2.36. The van der Waals surface area contributed by atoms with Crippen LogP contribution in [0.4, 0.5) is 11.6 Å².